The van der Waals surface area contributed by atoms with Gasteiger partial charge in [-0.3, -0.25) is 9.59 Å². The normalized spacial score (nSPS) is 16.1. The molecule has 0 aliphatic rings. The standard InChI is InChI=1S/C7H15NO2S.C6H13NO2S/c1-3-4-11-5-7(2,8)6(9)10;1-3-10-4-6(2,7)5(8)9/h3-5,8H2,1-2H3,(H,9,10);3-4,7H2,1-2H3,(H,8,9). The minimum Gasteiger partial charge on any atom is -0.480 e. The summed E-state index contributed by atoms with van der Waals surface area (Å²) >= 11 is 3.12. The Morgan fingerprint density at radius 2 is 1.33 bits per heavy atom. The third-order valence-electron chi connectivity index (χ3n) is 2.33. The van der Waals surface area contributed by atoms with Crippen LogP contribution in [0.3, 0.4) is 0 Å². The first-order chi connectivity index (χ1) is 9.51. The summed E-state index contributed by atoms with van der Waals surface area (Å²) in [5.41, 5.74) is 8.77. The van der Waals surface area contributed by atoms with Gasteiger partial charge in [0, 0.05) is 11.5 Å². The summed E-state index contributed by atoms with van der Waals surface area (Å²) < 4.78 is 0. The van der Waals surface area contributed by atoms with E-state index in [1.54, 1.807) is 11.8 Å². The van der Waals surface area contributed by atoms with Crippen LogP contribution in [0.5, 0.6) is 0 Å². The molecule has 6 N–H and O–H groups in total. The molecule has 0 saturated carbocycles. The summed E-state index contributed by atoms with van der Waals surface area (Å²) in [5, 5.41) is 17.1. The maximum absolute atomic E-state index is 10.5. The molecule has 0 saturated heterocycles. The van der Waals surface area contributed by atoms with Crippen LogP contribution >= 0.6 is 23.5 Å². The van der Waals surface area contributed by atoms with Crippen LogP contribution in [0.1, 0.15) is 34.1 Å². The van der Waals surface area contributed by atoms with Gasteiger partial charge in [-0.15, -0.1) is 0 Å². The van der Waals surface area contributed by atoms with Crippen molar-refractivity contribution in [3.63, 3.8) is 0 Å². The highest BCUT2D eigenvalue weighted by Crippen LogP contribution is 2.11. The van der Waals surface area contributed by atoms with Crippen molar-refractivity contribution in [3.8, 4) is 0 Å². The molecule has 21 heavy (non-hydrogen) atoms. The molecule has 0 amide bonds. The zero-order chi connectivity index (χ0) is 17.1. The van der Waals surface area contributed by atoms with Crippen molar-refractivity contribution in [2.75, 3.05) is 23.0 Å². The van der Waals surface area contributed by atoms with Gasteiger partial charge in [0.15, 0.2) is 0 Å². The molecule has 6 nitrogen and oxygen atoms in total. The molecule has 126 valence electrons. The molecular formula is C13H28N2O4S2. The fraction of sp³-hybridized carbons (Fsp3) is 0.846. The van der Waals surface area contributed by atoms with Gasteiger partial charge in [-0.2, -0.15) is 23.5 Å². The van der Waals surface area contributed by atoms with Gasteiger partial charge >= 0.3 is 11.9 Å². The smallest absolute Gasteiger partial charge is 0.324 e. The fourth-order valence-electron chi connectivity index (χ4n) is 0.866. The highest BCUT2D eigenvalue weighted by molar-refractivity contribution is 7.99. The summed E-state index contributed by atoms with van der Waals surface area (Å²) in [6.45, 7) is 7.10. The summed E-state index contributed by atoms with van der Waals surface area (Å²) in [6, 6.07) is 0. The Morgan fingerprint density at radius 1 is 0.952 bits per heavy atom. The Bertz CT molecular complexity index is 323. The maximum Gasteiger partial charge on any atom is 0.324 e. The minimum atomic E-state index is -1.07. The number of carbonyl (C=O) groups is 2. The van der Waals surface area contributed by atoms with Crippen molar-refractivity contribution < 1.29 is 19.8 Å². The lowest BCUT2D eigenvalue weighted by Gasteiger charge is -2.17. The predicted molar refractivity (Wildman–Crippen MR) is 91.1 cm³/mol. The molecule has 0 aromatic rings. The van der Waals surface area contributed by atoms with Crippen molar-refractivity contribution in [1.82, 2.24) is 0 Å². The molecule has 0 heterocycles. The van der Waals surface area contributed by atoms with E-state index in [4.69, 9.17) is 21.7 Å². The van der Waals surface area contributed by atoms with E-state index in [2.05, 4.69) is 6.92 Å². The van der Waals surface area contributed by atoms with Crippen LogP contribution in [0.25, 0.3) is 0 Å². The third-order valence-corrected chi connectivity index (χ3v) is 5.05. The summed E-state index contributed by atoms with van der Waals surface area (Å²) in [5.74, 6) is 0.962. The number of rotatable bonds is 9. The molecule has 2 atom stereocenters. The second-order valence-electron chi connectivity index (χ2n) is 5.13. The predicted octanol–water partition coefficient (Wildman–Crippen LogP) is 1.47. The number of carboxylic acids is 2. The molecule has 0 aromatic heterocycles. The van der Waals surface area contributed by atoms with Gasteiger partial charge in [0.05, 0.1) is 0 Å². The Hall–Kier alpha value is -0.440. The van der Waals surface area contributed by atoms with Crippen LogP contribution in [0.15, 0.2) is 0 Å². The molecule has 0 bridgehead atoms. The lowest BCUT2D eigenvalue weighted by atomic mass is 10.1. The van der Waals surface area contributed by atoms with Crippen molar-refractivity contribution in [2.45, 2.75) is 45.2 Å². The number of thioether (sulfide) groups is 2. The van der Waals surface area contributed by atoms with E-state index >= 15 is 0 Å². The summed E-state index contributed by atoms with van der Waals surface area (Å²) in [6.07, 6.45) is 1.06. The highest BCUT2D eigenvalue weighted by atomic mass is 32.2. The Balaban J connectivity index is 0. The fourth-order valence-corrected chi connectivity index (χ4v) is 2.60. The lowest BCUT2D eigenvalue weighted by molar-refractivity contribution is -0.142. The van der Waals surface area contributed by atoms with E-state index in [-0.39, 0.29) is 0 Å². The van der Waals surface area contributed by atoms with Gasteiger partial charge in [0.1, 0.15) is 11.1 Å². The van der Waals surface area contributed by atoms with E-state index in [0.29, 0.717) is 11.5 Å². The van der Waals surface area contributed by atoms with Crippen molar-refractivity contribution in [3.05, 3.63) is 0 Å². The number of hydrogen-bond acceptors (Lipinski definition) is 6. The van der Waals surface area contributed by atoms with Gasteiger partial charge in [-0.1, -0.05) is 13.8 Å². The molecule has 0 spiro atoms. The van der Waals surface area contributed by atoms with Gasteiger partial charge < -0.3 is 21.7 Å². The largest absolute Gasteiger partial charge is 0.480 e. The average molecular weight is 341 g/mol. The van der Waals surface area contributed by atoms with Gasteiger partial charge in [-0.25, -0.2) is 0 Å². The monoisotopic (exact) mass is 340 g/mol. The van der Waals surface area contributed by atoms with E-state index in [9.17, 15) is 9.59 Å². The van der Waals surface area contributed by atoms with Gasteiger partial charge in [-0.05, 0) is 31.8 Å². The van der Waals surface area contributed by atoms with Crippen LogP contribution < -0.4 is 11.5 Å². The molecule has 0 fully saturated rings. The minimum absolute atomic E-state index is 0.471. The third kappa shape index (κ3) is 11.9. The number of carboxylic acid groups (broad SMARTS) is 2. The van der Waals surface area contributed by atoms with Crippen LogP contribution in [0.2, 0.25) is 0 Å². The molecule has 0 aliphatic carbocycles. The molecule has 0 rings (SSSR count). The lowest BCUT2D eigenvalue weighted by Crippen LogP contribution is -2.47. The van der Waals surface area contributed by atoms with E-state index in [0.717, 1.165) is 17.9 Å². The Kier molecular flexibility index (Phi) is 12.1. The second-order valence-corrected chi connectivity index (χ2v) is 7.51. The number of nitrogens with two attached hydrogens (primary N) is 2. The van der Waals surface area contributed by atoms with Crippen LogP contribution in [-0.4, -0.2) is 56.2 Å². The first-order valence-electron chi connectivity index (χ1n) is 6.71. The molecule has 8 heteroatoms. The molecular weight excluding hydrogens is 312 g/mol. The molecule has 0 aromatic carbocycles. The number of aliphatic carboxylic acids is 2. The molecule has 0 aliphatic heterocycles. The quantitative estimate of drug-likeness (QED) is 0.465. The topological polar surface area (TPSA) is 127 Å². The number of hydrogen-bond donors (Lipinski definition) is 4. The van der Waals surface area contributed by atoms with E-state index in [1.165, 1.54) is 25.6 Å². The van der Waals surface area contributed by atoms with Crippen molar-refractivity contribution >= 4 is 35.5 Å². The van der Waals surface area contributed by atoms with Crippen LogP contribution in [0, 0.1) is 0 Å². The van der Waals surface area contributed by atoms with Gasteiger partial charge in [0.25, 0.3) is 0 Å². The molecule has 0 radical (unpaired) electrons. The zero-order valence-corrected chi connectivity index (χ0v) is 14.9. The van der Waals surface area contributed by atoms with E-state index < -0.39 is 23.0 Å². The SMILES string of the molecule is CCCSCC(C)(N)C(=O)O.CCSCC(C)(N)C(=O)O. The summed E-state index contributed by atoms with van der Waals surface area (Å²) in [7, 11) is 0. The average Bonchev–Trinajstić information content (AvgIpc) is 2.37. The van der Waals surface area contributed by atoms with Crippen LogP contribution in [0.4, 0.5) is 0 Å². The Labute approximate surface area is 135 Å². The second kappa shape index (κ2) is 11.2. The van der Waals surface area contributed by atoms with Crippen molar-refractivity contribution in [1.29, 1.82) is 0 Å². The first kappa shape index (κ1) is 22.8. The van der Waals surface area contributed by atoms with E-state index in [1.807, 2.05) is 6.92 Å². The van der Waals surface area contributed by atoms with Crippen molar-refractivity contribution in [2.24, 2.45) is 11.5 Å². The van der Waals surface area contributed by atoms with Gasteiger partial charge in [0.2, 0.25) is 0 Å². The highest BCUT2D eigenvalue weighted by Gasteiger charge is 2.27. The Morgan fingerprint density at radius 3 is 1.62 bits per heavy atom. The summed E-state index contributed by atoms with van der Waals surface area (Å²) in [4.78, 5) is 20.9. The zero-order valence-electron chi connectivity index (χ0n) is 13.2. The molecule has 2 unspecified atom stereocenters. The van der Waals surface area contributed by atoms with Crippen LogP contribution in [-0.2, 0) is 9.59 Å². The first-order valence-corrected chi connectivity index (χ1v) is 9.02. The maximum atomic E-state index is 10.5.